The zero-order chi connectivity index (χ0) is 32.4. The minimum atomic E-state index is 0.587. The topological polar surface area (TPSA) is 154 Å². The van der Waals surface area contributed by atoms with E-state index in [-0.39, 0.29) is 0 Å². The summed E-state index contributed by atoms with van der Waals surface area (Å²) >= 11 is 0. The number of nitrogens with one attached hydrogen (secondary N) is 1. The maximum atomic E-state index is 5.89. The summed E-state index contributed by atoms with van der Waals surface area (Å²) in [6.07, 6.45) is 0. The summed E-state index contributed by atoms with van der Waals surface area (Å²) in [5.41, 5.74) is 30.1. The first-order chi connectivity index (χ1) is 21.0. The molecule has 0 saturated heterocycles. The van der Waals surface area contributed by atoms with E-state index in [4.69, 9.17) is 28.7 Å². The van der Waals surface area contributed by atoms with E-state index < -0.39 is 0 Å². The van der Waals surface area contributed by atoms with Gasteiger partial charge in [-0.05, 0) is 42.9 Å². The number of nitrogens with zero attached hydrogens (tertiary/aromatic N) is 1. The number of rotatable bonds is 7. The average molecular weight is 588 g/mol. The molecule has 0 saturated carbocycles. The van der Waals surface area contributed by atoms with Gasteiger partial charge in [-0.25, -0.2) is 0 Å². The van der Waals surface area contributed by atoms with Crippen LogP contribution in [0.2, 0.25) is 0 Å². The van der Waals surface area contributed by atoms with Gasteiger partial charge in [-0.2, -0.15) is 0 Å². The monoisotopic (exact) mass is 587 g/mol. The largest absolute Gasteiger partial charge is 0.383 e. The van der Waals surface area contributed by atoms with E-state index in [1.807, 2.05) is 100 Å². The van der Waals surface area contributed by atoms with E-state index in [2.05, 4.69) is 58.8 Å². The van der Waals surface area contributed by atoms with Crippen LogP contribution in [0.4, 0.5) is 0 Å². The summed E-state index contributed by atoms with van der Waals surface area (Å²) in [7, 11) is 0. The molecule has 0 aliphatic heterocycles. The lowest BCUT2D eigenvalue weighted by atomic mass is 10.2. The Labute approximate surface area is 261 Å². The number of hydrogen-bond donors (Lipinski definition) is 6. The van der Waals surface area contributed by atoms with Gasteiger partial charge in [-0.15, -0.1) is 0 Å². The summed E-state index contributed by atoms with van der Waals surface area (Å²) in [6, 6.07) is 40.8. The fourth-order valence-corrected chi connectivity index (χ4v) is 3.00. The second kappa shape index (κ2) is 32.7. The summed E-state index contributed by atoms with van der Waals surface area (Å²) in [4.78, 5) is 4.36. The molecule has 0 spiro atoms. The molecule has 11 N–H and O–H groups in total. The van der Waals surface area contributed by atoms with Gasteiger partial charge in [-0.1, -0.05) is 149 Å². The fraction of sp³-hybridized carbons (Fsp3) is 0.306. The van der Waals surface area contributed by atoms with Gasteiger partial charge in [0, 0.05) is 18.7 Å². The van der Waals surface area contributed by atoms with E-state index in [1.54, 1.807) is 0 Å². The highest BCUT2D eigenvalue weighted by Gasteiger charge is 1.96. The van der Waals surface area contributed by atoms with Crippen LogP contribution in [0.3, 0.4) is 0 Å². The molecule has 0 fully saturated rings. The first-order valence-corrected chi connectivity index (χ1v) is 15.0. The molecule has 0 unspecified atom stereocenters. The third kappa shape index (κ3) is 26.8. The Balaban J connectivity index is 0. The molecule has 7 heteroatoms. The van der Waals surface area contributed by atoms with Crippen molar-refractivity contribution in [2.24, 2.45) is 33.7 Å². The minimum Gasteiger partial charge on any atom is -0.383 e. The maximum Gasteiger partial charge on any atom is 0.125 e. The van der Waals surface area contributed by atoms with Gasteiger partial charge in [0.25, 0.3) is 0 Å². The molecule has 0 radical (unpaired) electrons. The first kappa shape index (κ1) is 41.3. The molecule has 7 nitrogen and oxygen atoms in total. The summed E-state index contributed by atoms with van der Waals surface area (Å²) < 4.78 is 0. The van der Waals surface area contributed by atoms with Gasteiger partial charge in [0.2, 0.25) is 0 Å². The SMILES string of the molecule is CCN.CCN.CCN.CCN.NC(=NCc1ccccc1)c1ccccc1.c1ccc(CNCc2ccccc2)cc1. The first-order valence-electron chi connectivity index (χ1n) is 15.0. The second-order valence-electron chi connectivity index (χ2n) is 8.76. The van der Waals surface area contributed by atoms with Crippen molar-refractivity contribution in [3.8, 4) is 0 Å². The quantitative estimate of drug-likeness (QED) is 0.125. The van der Waals surface area contributed by atoms with E-state index in [9.17, 15) is 0 Å². The Bertz CT molecular complexity index is 1040. The van der Waals surface area contributed by atoms with Crippen molar-refractivity contribution in [3.05, 3.63) is 144 Å². The van der Waals surface area contributed by atoms with E-state index >= 15 is 0 Å². The number of amidine groups is 1. The van der Waals surface area contributed by atoms with Crippen LogP contribution >= 0.6 is 0 Å². The smallest absolute Gasteiger partial charge is 0.125 e. The zero-order valence-corrected chi connectivity index (χ0v) is 26.8. The van der Waals surface area contributed by atoms with E-state index in [0.717, 1.165) is 44.8 Å². The van der Waals surface area contributed by atoms with E-state index in [0.29, 0.717) is 12.4 Å². The molecule has 0 atom stereocenters. The van der Waals surface area contributed by atoms with Crippen LogP contribution < -0.4 is 34.0 Å². The predicted octanol–water partition coefficient (Wildman–Crippen LogP) is 5.43. The molecule has 0 aromatic heterocycles. The molecular formula is C36H57N7. The van der Waals surface area contributed by atoms with Crippen LogP contribution in [0.1, 0.15) is 49.9 Å². The molecule has 0 aliphatic rings. The highest BCUT2D eigenvalue weighted by Crippen LogP contribution is 2.03. The standard InChI is InChI=1S/C14H14N2.C14H15N.4C2H7N/c15-14(13-9-5-2-6-10-13)16-11-12-7-3-1-4-8-12;1-3-7-13(8-4-1)11-15-12-14-9-5-2-6-10-14;4*1-2-3/h1-10H,11H2,(H2,15,16);1-10,15H,11-12H2;4*2-3H2,1H3. The second-order valence-corrected chi connectivity index (χ2v) is 8.76. The van der Waals surface area contributed by atoms with Gasteiger partial charge in [0.15, 0.2) is 0 Å². The van der Waals surface area contributed by atoms with Crippen molar-refractivity contribution in [2.45, 2.75) is 47.3 Å². The lowest BCUT2D eigenvalue weighted by Gasteiger charge is -2.04. The molecule has 0 bridgehead atoms. The Morgan fingerprint density at radius 2 is 0.767 bits per heavy atom. The van der Waals surface area contributed by atoms with Gasteiger partial charge < -0.3 is 34.0 Å². The van der Waals surface area contributed by atoms with Gasteiger partial charge >= 0.3 is 0 Å². The molecule has 0 amide bonds. The van der Waals surface area contributed by atoms with Crippen LogP contribution in [0.25, 0.3) is 0 Å². The van der Waals surface area contributed by atoms with Crippen LogP contribution in [0, 0.1) is 0 Å². The molecule has 236 valence electrons. The Morgan fingerprint density at radius 3 is 1.09 bits per heavy atom. The number of benzene rings is 4. The summed E-state index contributed by atoms with van der Waals surface area (Å²) in [5, 5.41) is 3.42. The van der Waals surface area contributed by atoms with Crippen LogP contribution in [-0.2, 0) is 19.6 Å². The van der Waals surface area contributed by atoms with Crippen molar-refractivity contribution >= 4 is 5.84 Å². The summed E-state index contributed by atoms with van der Waals surface area (Å²) in [6.45, 7) is 13.1. The van der Waals surface area contributed by atoms with E-state index in [1.165, 1.54) is 16.7 Å². The highest BCUT2D eigenvalue weighted by atomic mass is 14.8. The maximum absolute atomic E-state index is 5.89. The van der Waals surface area contributed by atoms with Crippen molar-refractivity contribution in [2.75, 3.05) is 26.2 Å². The van der Waals surface area contributed by atoms with Crippen molar-refractivity contribution < 1.29 is 0 Å². The van der Waals surface area contributed by atoms with Crippen molar-refractivity contribution in [1.82, 2.24) is 5.32 Å². The Morgan fingerprint density at radius 1 is 0.488 bits per heavy atom. The van der Waals surface area contributed by atoms with Gasteiger partial charge in [0.1, 0.15) is 5.84 Å². The van der Waals surface area contributed by atoms with Crippen LogP contribution in [0.5, 0.6) is 0 Å². The summed E-state index contributed by atoms with van der Waals surface area (Å²) in [5.74, 6) is 0.587. The Hall–Kier alpha value is -3.85. The highest BCUT2D eigenvalue weighted by molar-refractivity contribution is 5.97. The predicted molar refractivity (Wildman–Crippen MR) is 190 cm³/mol. The molecular weight excluding hydrogens is 530 g/mol. The molecule has 4 rings (SSSR count). The van der Waals surface area contributed by atoms with Gasteiger partial charge in [-0.3, -0.25) is 4.99 Å². The fourth-order valence-electron chi connectivity index (χ4n) is 3.00. The van der Waals surface area contributed by atoms with Crippen LogP contribution in [-0.4, -0.2) is 32.0 Å². The molecule has 4 aromatic carbocycles. The lowest BCUT2D eigenvalue weighted by molar-refractivity contribution is 0.693. The van der Waals surface area contributed by atoms with Crippen molar-refractivity contribution in [3.63, 3.8) is 0 Å². The number of aliphatic imine (C=N–C) groups is 1. The third-order valence-corrected chi connectivity index (χ3v) is 4.69. The number of hydrogen-bond acceptors (Lipinski definition) is 6. The average Bonchev–Trinajstić information content (AvgIpc) is 3.04. The van der Waals surface area contributed by atoms with Crippen molar-refractivity contribution in [1.29, 1.82) is 0 Å². The zero-order valence-electron chi connectivity index (χ0n) is 26.8. The normalized spacial score (nSPS) is 9.44. The molecule has 0 aliphatic carbocycles. The lowest BCUT2D eigenvalue weighted by Crippen LogP contribution is -2.13. The molecule has 0 heterocycles. The molecule has 43 heavy (non-hydrogen) atoms. The third-order valence-electron chi connectivity index (χ3n) is 4.69. The Kier molecular flexibility index (Phi) is 31.4. The number of nitrogens with two attached hydrogens (primary N) is 5. The van der Waals surface area contributed by atoms with Gasteiger partial charge in [0.05, 0.1) is 6.54 Å². The van der Waals surface area contributed by atoms with Crippen LogP contribution in [0.15, 0.2) is 126 Å². The molecule has 4 aromatic rings. The minimum absolute atomic E-state index is 0.587.